The van der Waals surface area contributed by atoms with E-state index >= 15 is 0 Å². The fourth-order valence-electron chi connectivity index (χ4n) is 0.942. The van der Waals surface area contributed by atoms with Gasteiger partial charge in [0, 0.05) is 12.5 Å². The molecule has 17 heavy (non-hydrogen) atoms. The molecule has 0 amide bonds. The first kappa shape index (κ1) is 16.1. The molecular formula is C8H12ClF4N3O. The molecule has 0 aliphatic carbocycles. The van der Waals surface area contributed by atoms with E-state index in [-0.39, 0.29) is 30.7 Å². The summed E-state index contributed by atoms with van der Waals surface area (Å²) in [6.45, 7) is 1.77. The summed E-state index contributed by atoms with van der Waals surface area (Å²) >= 11 is 0. The summed E-state index contributed by atoms with van der Waals surface area (Å²) in [5.74, 6) is -5.77. The average molecular weight is 278 g/mol. The number of rotatable bonds is 5. The van der Waals surface area contributed by atoms with Crippen LogP contribution in [0.3, 0.4) is 0 Å². The molecule has 1 rings (SSSR count). The summed E-state index contributed by atoms with van der Waals surface area (Å²) in [5.41, 5.74) is 0. The maximum absolute atomic E-state index is 12.7. The molecular weight excluding hydrogens is 266 g/mol. The molecule has 0 spiro atoms. The summed E-state index contributed by atoms with van der Waals surface area (Å²) in [4.78, 5) is 3.24. The Morgan fingerprint density at radius 2 is 2.00 bits per heavy atom. The molecule has 4 nitrogen and oxygen atoms in total. The lowest BCUT2D eigenvalue weighted by Crippen LogP contribution is -2.25. The minimum atomic E-state index is -4.39. The summed E-state index contributed by atoms with van der Waals surface area (Å²) in [6.07, 6.45) is -3.64. The van der Waals surface area contributed by atoms with Gasteiger partial charge in [0.15, 0.2) is 5.82 Å². The second-order valence-electron chi connectivity index (χ2n) is 3.33. The van der Waals surface area contributed by atoms with Crippen LogP contribution in [0.2, 0.25) is 0 Å². The lowest BCUT2D eigenvalue weighted by Gasteiger charge is -2.08. The van der Waals surface area contributed by atoms with Crippen molar-refractivity contribution in [1.29, 1.82) is 0 Å². The van der Waals surface area contributed by atoms with Crippen LogP contribution in [-0.2, 0) is 12.3 Å². The molecule has 1 atom stereocenters. The summed E-state index contributed by atoms with van der Waals surface area (Å²) < 4.78 is 53.5. The van der Waals surface area contributed by atoms with Gasteiger partial charge in [0.25, 0.3) is 0 Å². The molecule has 100 valence electrons. The lowest BCUT2D eigenvalue weighted by atomic mass is 10.2. The van der Waals surface area contributed by atoms with Crippen molar-refractivity contribution in [3.8, 4) is 0 Å². The zero-order chi connectivity index (χ0) is 12.3. The fourth-order valence-corrected chi connectivity index (χ4v) is 0.942. The summed E-state index contributed by atoms with van der Waals surface area (Å²) in [6, 6.07) is -0.0642. The lowest BCUT2D eigenvalue weighted by molar-refractivity contribution is -0.152. The highest BCUT2D eigenvalue weighted by Gasteiger charge is 2.48. The molecule has 0 saturated heterocycles. The highest BCUT2D eigenvalue weighted by molar-refractivity contribution is 5.85. The molecule has 0 bridgehead atoms. The molecule has 1 aromatic rings. The van der Waals surface area contributed by atoms with Gasteiger partial charge in [-0.05, 0) is 14.0 Å². The van der Waals surface area contributed by atoms with Crippen molar-refractivity contribution in [3.05, 3.63) is 11.7 Å². The maximum Gasteiger partial charge on any atom is 0.383 e. The molecule has 1 N–H and O–H groups in total. The molecule has 0 aliphatic heterocycles. The van der Waals surface area contributed by atoms with E-state index in [9.17, 15) is 17.6 Å². The number of likely N-dealkylation sites (N-methyl/N-ethyl adjacent to an activating group) is 1. The van der Waals surface area contributed by atoms with E-state index in [0.717, 1.165) is 0 Å². The third-order valence-corrected chi connectivity index (χ3v) is 2.01. The molecule has 0 saturated carbocycles. The smallest absolute Gasteiger partial charge is 0.332 e. The molecule has 0 aliphatic rings. The van der Waals surface area contributed by atoms with Crippen LogP contribution < -0.4 is 5.32 Å². The zero-order valence-corrected chi connectivity index (χ0v) is 9.90. The van der Waals surface area contributed by atoms with Gasteiger partial charge >= 0.3 is 18.2 Å². The Balaban J connectivity index is 0.00000256. The highest BCUT2D eigenvalue weighted by Crippen LogP contribution is 2.33. The highest BCUT2D eigenvalue weighted by atomic mass is 35.5. The first-order valence-corrected chi connectivity index (χ1v) is 4.54. The van der Waals surface area contributed by atoms with Crippen molar-refractivity contribution in [2.24, 2.45) is 0 Å². The quantitative estimate of drug-likeness (QED) is 0.837. The van der Waals surface area contributed by atoms with Gasteiger partial charge in [0.1, 0.15) is 0 Å². The van der Waals surface area contributed by atoms with E-state index in [1.54, 1.807) is 14.0 Å². The van der Waals surface area contributed by atoms with Gasteiger partial charge in [0.05, 0.1) is 0 Å². The standard InChI is InChI=1S/C8H11F4N3O.ClH/c1-4(13-2)3-5-14-7(16-15-5)8(11,12)6(9)10;/h4,6,13H,3H2,1-2H3;1H. The number of hydrogen-bond donors (Lipinski definition) is 1. The number of nitrogens with zero attached hydrogens (tertiary/aromatic N) is 2. The molecule has 0 radical (unpaired) electrons. The minimum absolute atomic E-state index is 0. The third kappa shape index (κ3) is 3.81. The first-order valence-electron chi connectivity index (χ1n) is 4.54. The van der Waals surface area contributed by atoms with Gasteiger partial charge < -0.3 is 9.84 Å². The van der Waals surface area contributed by atoms with E-state index in [2.05, 4.69) is 20.0 Å². The van der Waals surface area contributed by atoms with Gasteiger partial charge in [-0.3, -0.25) is 0 Å². The number of alkyl halides is 4. The largest absolute Gasteiger partial charge is 0.383 e. The van der Waals surface area contributed by atoms with Crippen molar-refractivity contribution >= 4 is 12.4 Å². The average Bonchev–Trinajstić information content (AvgIpc) is 2.66. The second-order valence-corrected chi connectivity index (χ2v) is 3.33. The molecule has 1 unspecified atom stereocenters. The molecule has 0 aromatic carbocycles. The topological polar surface area (TPSA) is 51.0 Å². The van der Waals surface area contributed by atoms with Crippen LogP contribution in [0, 0.1) is 0 Å². The molecule has 1 heterocycles. The van der Waals surface area contributed by atoms with Gasteiger partial charge in [-0.2, -0.15) is 13.8 Å². The predicted octanol–water partition coefficient (Wildman–Crippen LogP) is 2.00. The molecule has 0 fully saturated rings. The van der Waals surface area contributed by atoms with Crippen LogP contribution in [0.15, 0.2) is 4.52 Å². The van der Waals surface area contributed by atoms with Crippen LogP contribution >= 0.6 is 12.4 Å². The summed E-state index contributed by atoms with van der Waals surface area (Å²) in [7, 11) is 1.67. The normalized spacial score (nSPS) is 13.6. The SMILES string of the molecule is CNC(C)Cc1noc(C(F)(F)C(F)F)n1.Cl. The third-order valence-electron chi connectivity index (χ3n) is 2.01. The van der Waals surface area contributed by atoms with Crippen molar-refractivity contribution < 1.29 is 22.1 Å². The zero-order valence-electron chi connectivity index (χ0n) is 9.08. The monoisotopic (exact) mass is 277 g/mol. The Morgan fingerprint density at radius 1 is 1.41 bits per heavy atom. The van der Waals surface area contributed by atoms with Gasteiger partial charge in [-0.15, -0.1) is 12.4 Å². The maximum atomic E-state index is 12.7. The Kier molecular flexibility index (Phi) is 5.83. The van der Waals surface area contributed by atoms with Crippen molar-refractivity contribution in [3.63, 3.8) is 0 Å². The fraction of sp³-hybridized carbons (Fsp3) is 0.750. The van der Waals surface area contributed by atoms with Crippen LogP contribution in [0.5, 0.6) is 0 Å². The van der Waals surface area contributed by atoms with E-state index in [0.29, 0.717) is 0 Å². The van der Waals surface area contributed by atoms with Crippen LogP contribution in [-0.4, -0.2) is 29.7 Å². The molecule has 9 heteroatoms. The van der Waals surface area contributed by atoms with Crippen LogP contribution in [0.25, 0.3) is 0 Å². The Hall–Kier alpha value is -0.890. The van der Waals surface area contributed by atoms with Gasteiger partial charge in [0.2, 0.25) is 0 Å². The van der Waals surface area contributed by atoms with Crippen LogP contribution in [0.1, 0.15) is 18.6 Å². The number of halogens is 5. The van der Waals surface area contributed by atoms with E-state index in [4.69, 9.17) is 0 Å². The van der Waals surface area contributed by atoms with E-state index in [1.165, 1.54) is 0 Å². The number of nitrogens with one attached hydrogen (secondary N) is 1. The Labute approximate surface area is 101 Å². The Bertz CT molecular complexity index is 347. The molecule has 1 aromatic heterocycles. The first-order chi connectivity index (χ1) is 7.37. The van der Waals surface area contributed by atoms with E-state index < -0.39 is 18.2 Å². The number of aromatic nitrogens is 2. The Morgan fingerprint density at radius 3 is 2.47 bits per heavy atom. The van der Waals surface area contributed by atoms with Gasteiger partial charge in [-0.25, -0.2) is 8.78 Å². The van der Waals surface area contributed by atoms with Crippen molar-refractivity contribution in [2.75, 3.05) is 7.05 Å². The summed E-state index contributed by atoms with van der Waals surface area (Å²) in [5, 5.41) is 6.04. The van der Waals surface area contributed by atoms with Crippen molar-refractivity contribution in [2.45, 2.75) is 31.7 Å². The number of hydrogen-bond acceptors (Lipinski definition) is 4. The van der Waals surface area contributed by atoms with E-state index in [1.807, 2.05) is 0 Å². The minimum Gasteiger partial charge on any atom is -0.332 e. The predicted molar refractivity (Wildman–Crippen MR) is 53.7 cm³/mol. The van der Waals surface area contributed by atoms with Gasteiger partial charge in [-0.1, -0.05) is 5.16 Å². The van der Waals surface area contributed by atoms with Crippen molar-refractivity contribution in [1.82, 2.24) is 15.5 Å². The second kappa shape index (κ2) is 6.15. The van der Waals surface area contributed by atoms with Crippen LogP contribution in [0.4, 0.5) is 17.6 Å².